The van der Waals surface area contributed by atoms with Crippen LogP contribution in [0.1, 0.15) is 48.2 Å². The molecule has 0 aliphatic rings. The maximum atomic E-state index is 10.4. The minimum atomic E-state index is -1.25. The van der Waals surface area contributed by atoms with Gasteiger partial charge in [0, 0.05) is 0 Å². The fourth-order valence-electron chi connectivity index (χ4n) is 5.92. The van der Waals surface area contributed by atoms with Gasteiger partial charge in [-0.25, -0.2) is 0 Å². The Morgan fingerprint density at radius 3 is 0.541 bits per heavy atom. The molecular formula is C56H68Fe2N6O21. The van der Waals surface area contributed by atoms with Gasteiger partial charge in [-0.3, -0.25) is 28.8 Å². The molecule has 0 amide bonds. The molecule has 27 nitrogen and oxygen atoms in total. The number of hydrogen-bond acceptors (Lipinski definition) is 15. The molecule has 0 saturated carbocycles. The molecule has 29 heteroatoms. The maximum Gasteiger partial charge on any atom is 3.00 e. The van der Waals surface area contributed by atoms with Gasteiger partial charge in [-0.2, -0.15) is 0 Å². The van der Waals surface area contributed by atoms with Crippen LogP contribution < -0.4 is 0 Å². The van der Waals surface area contributed by atoms with Crippen molar-refractivity contribution in [3.63, 3.8) is 0 Å². The number of phenols is 9. The van der Waals surface area contributed by atoms with Crippen LogP contribution in [0.4, 0.5) is 0 Å². The summed E-state index contributed by atoms with van der Waals surface area (Å²) < 4.78 is 0. The Morgan fingerprint density at radius 2 is 0.400 bits per heavy atom. The summed E-state index contributed by atoms with van der Waals surface area (Å²) in [5.74, 6) is -8.30. The van der Waals surface area contributed by atoms with Gasteiger partial charge in [0.05, 0.1) is 0 Å². The first-order valence-corrected chi connectivity index (χ1v) is 23.3. The zero-order chi connectivity index (χ0) is 61.7. The monoisotopic (exact) mass is 1270 g/mol. The zero-order valence-electron chi connectivity index (χ0n) is 43.2. The number of carboxylic acids is 6. The predicted molar refractivity (Wildman–Crippen MR) is 304 cm³/mol. The topological polar surface area (TPSA) is 549 Å². The summed E-state index contributed by atoms with van der Waals surface area (Å²) in [6.45, 7) is 0. The third-order valence-corrected chi connectivity index (χ3v) is 10.4. The van der Waals surface area contributed by atoms with Gasteiger partial charge in [-0.1, -0.05) is 69.5 Å². The first-order chi connectivity index (χ1) is 37.8. The van der Waals surface area contributed by atoms with E-state index in [2.05, 4.69) is 0 Å². The molecule has 0 heterocycles. The van der Waals surface area contributed by atoms with Crippen molar-refractivity contribution >= 4 is 35.8 Å². The van der Waals surface area contributed by atoms with E-state index >= 15 is 0 Å². The second-order valence-electron chi connectivity index (χ2n) is 17.0. The smallest absolute Gasteiger partial charge is 0.665 e. The Morgan fingerprint density at radius 1 is 0.259 bits per heavy atom. The van der Waals surface area contributed by atoms with Crippen molar-refractivity contribution in [1.82, 2.24) is 0 Å². The third-order valence-electron chi connectivity index (χ3n) is 10.4. The van der Waals surface area contributed by atoms with E-state index in [1.165, 1.54) is 91.0 Å². The van der Waals surface area contributed by atoms with Crippen LogP contribution in [-0.4, -0.2) is 149 Å². The number of nitrogens with one attached hydrogen (secondary N) is 6. The molecule has 0 aliphatic heterocycles. The number of carbonyl (C=O) groups is 6. The number of rotatable bonds is 18. The van der Waals surface area contributed by atoms with Crippen molar-refractivity contribution < 1.29 is 140 Å². The summed E-state index contributed by atoms with van der Waals surface area (Å²) in [6.07, 6.45) is 0.496. The fraction of sp³-hybridized carbons (Fsp3) is 0.250. The summed E-state index contributed by atoms with van der Waals surface area (Å²) in [4.78, 5) is 62.1. The molecule has 0 bridgehead atoms. The number of aromatic hydroxyl groups is 9. The Balaban J connectivity index is -0.000000459. The summed E-state index contributed by atoms with van der Waals surface area (Å²) in [5, 5.41) is 132. The largest absolute Gasteiger partial charge is 3.00 e. The Kier molecular flexibility index (Phi) is 40.8. The third kappa shape index (κ3) is 34.4. The quantitative estimate of drug-likeness (QED) is 0.0282. The molecule has 0 spiro atoms. The molecule has 6 rings (SSSR count). The number of aliphatic carboxylic acids is 6. The average Bonchev–Trinajstić information content (AvgIpc) is 3.49. The Bertz CT molecular complexity index is 2660. The molecule has 85 heavy (non-hydrogen) atoms. The minimum absolute atomic E-state index is 0. The number of phenolic OH excluding ortho intramolecular Hbond substituents is 9. The van der Waals surface area contributed by atoms with Gasteiger partial charge >= 0.3 is 34.1 Å². The van der Waals surface area contributed by atoms with Crippen molar-refractivity contribution in [2.75, 3.05) is 0 Å². The van der Waals surface area contributed by atoms with Crippen LogP contribution in [0.15, 0.2) is 127 Å². The van der Waals surface area contributed by atoms with Crippen LogP contribution in [0.25, 0.3) is 34.4 Å². The van der Waals surface area contributed by atoms with Gasteiger partial charge in [0.2, 0.25) is 0 Å². The van der Waals surface area contributed by atoms with Crippen LogP contribution in [-0.2, 0) is 101 Å². The summed E-state index contributed by atoms with van der Waals surface area (Å²) in [6, 6.07) is 23.3. The molecule has 21 N–H and O–H groups in total. The second-order valence-corrected chi connectivity index (χ2v) is 17.0. The number of benzene rings is 6. The van der Waals surface area contributed by atoms with Gasteiger partial charge in [0.1, 0.15) is 17.2 Å². The molecule has 0 saturated heterocycles. The molecule has 6 unspecified atom stereocenters. The molecule has 0 aliphatic carbocycles. The normalized spacial score (nSPS) is 11.8. The van der Waals surface area contributed by atoms with Crippen LogP contribution in [0.3, 0.4) is 0 Å². The van der Waals surface area contributed by atoms with Gasteiger partial charge in [-0.15, -0.1) is 0 Å². The predicted octanol–water partition coefficient (Wildman–Crippen LogP) is 9.02. The van der Waals surface area contributed by atoms with E-state index in [1.807, 2.05) is 0 Å². The van der Waals surface area contributed by atoms with Gasteiger partial charge < -0.3 is 111 Å². The summed E-state index contributed by atoms with van der Waals surface area (Å²) in [7, 11) is 0. The summed E-state index contributed by atoms with van der Waals surface area (Å²) >= 11 is 0. The molecule has 2 radical (unpaired) electrons. The zero-order valence-corrected chi connectivity index (χ0v) is 45.4. The standard InChI is InChI=1S/3C9H10NO4.3C9H10NO3.2CH4.2Fe/c3*10-6(9(13)14)3-5-1-2-7(11)8(12)4-5;3*10-8(9(12)13)5-6-1-3-7(11)4-2-6;;;;/h3*1-2,4,6,10-12H,3H2,(H,13,14);3*1-4,8,10-11H,5H2,(H,12,13);2*1H4;;/q6*-1;;;2*+3. The van der Waals surface area contributed by atoms with E-state index in [-0.39, 0.29) is 139 Å². The molecule has 6 aromatic carbocycles. The van der Waals surface area contributed by atoms with Crippen LogP contribution in [0.2, 0.25) is 0 Å². The van der Waals surface area contributed by atoms with Crippen LogP contribution in [0, 0.1) is 0 Å². The molecule has 6 atom stereocenters. The number of carboxylic acid groups (broad SMARTS) is 6. The molecular weight excluding hydrogens is 1200 g/mol. The van der Waals surface area contributed by atoms with Gasteiger partial charge in [0.15, 0.2) is 34.5 Å². The SMILES string of the molecule is C.C.[Fe+3].[Fe+3].[NH-]C(Cc1ccc(O)c(O)c1)C(=O)O.[NH-]C(Cc1ccc(O)c(O)c1)C(=O)O.[NH-]C(Cc1ccc(O)c(O)c1)C(=O)O.[NH-]C(Cc1ccc(O)cc1)C(=O)O.[NH-]C(Cc1ccc(O)cc1)C(=O)O.[NH-]C(Cc1ccc(O)cc1)C(=O)O. The van der Waals surface area contributed by atoms with Crippen molar-refractivity contribution in [2.45, 2.75) is 89.6 Å². The fourth-order valence-corrected chi connectivity index (χ4v) is 5.92. The Hall–Kier alpha value is -8.86. The van der Waals surface area contributed by atoms with Gasteiger partial charge in [-0.05, 0) is 181 Å². The van der Waals surface area contributed by atoms with E-state index in [0.29, 0.717) is 16.7 Å². The van der Waals surface area contributed by atoms with Crippen molar-refractivity contribution in [3.05, 3.63) is 195 Å². The average molecular weight is 1270 g/mol. The number of hydrogen-bond donors (Lipinski definition) is 15. The van der Waals surface area contributed by atoms with Crippen molar-refractivity contribution in [2.24, 2.45) is 0 Å². The molecule has 464 valence electrons. The van der Waals surface area contributed by atoms with Crippen LogP contribution in [0.5, 0.6) is 51.7 Å². The van der Waals surface area contributed by atoms with E-state index in [0.717, 1.165) is 16.7 Å². The summed E-state index contributed by atoms with van der Waals surface area (Å²) in [5.41, 5.74) is 46.6. The van der Waals surface area contributed by atoms with E-state index in [9.17, 15) is 28.8 Å². The van der Waals surface area contributed by atoms with Gasteiger partial charge in [0.25, 0.3) is 35.8 Å². The first kappa shape index (κ1) is 82.6. The second kappa shape index (κ2) is 42.0. The molecule has 0 aromatic heterocycles. The molecule has 0 fully saturated rings. The van der Waals surface area contributed by atoms with Crippen molar-refractivity contribution in [1.29, 1.82) is 0 Å². The van der Waals surface area contributed by atoms with E-state index < -0.39 is 72.1 Å². The van der Waals surface area contributed by atoms with Crippen LogP contribution >= 0.6 is 0 Å². The first-order valence-electron chi connectivity index (χ1n) is 23.3. The molecule has 6 aromatic rings. The Labute approximate surface area is 509 Å². The van der Waals surface area contributed by atoms with E-state index in [1.54, 1.807) is 36.4 Å². The van der Waals surface area contributed by atoms with E-state index in [4.69, 9.17) is 111 Å². The minimum Gasteiger partial charge on any atom is -0.665 e. The maximum absolute atomic E-state index is 10.4. The van der Waals surface area contributed by atoms with Crippen molar-refractivity contribution in [3.8, 4) is 51.7 Å².